The molecule has 0 saturated heterocycles. The molecule has 0 atom stereocenters. The lowest BCUT2D eigenvalue weighted by molar-refractivity contribution is 0.0796. The Balaban J connectivity index is 1.40. The summed E-state index contributed by atoms with van der Waals surface area (Å²) in [5.41, 5.74) is 2.22. The van der Waals surface area contributed by atoms with Crippen LogP contribution in [0.5, 0.6) is 0 Å². The number of aromatic nitrogens is 1. The van der Waals surface area contributed by atoms with E-state index in [1.165, 1.54) is 6.07 Å². The summed E-state index contributed by atoms with van der Waals surface area (Å²) >= 11 is 0. The summed E-state index contributed by atoms with van der Waals surface area (Å²) in [7, 11) is 1.79. The number of nitrogens with one attached hydrogen (secondary N) is 1. The number of anilines is 1. The SMILES string of the molecule is CN(CCCNc1cc(=O)oc2ccccc12)C(=O)c1cccc2cccnc12. The van der Waals surface area contributed by atoms with Gasteiger partial charge in [-0.15, -0.1) is 0 Å². The molecule has 146 valence electrons. The number of fused-ring (bicyclic) bond motifs is 2. The summed E-state index contributed by atoms with van der Waals surface area (Å²) in [5.74, 6) is -0.0555. The zero-order valence-electron chi connectivity index (χ0n) is 16.1. The summed E-state index contributed by atoms with van der Waals surface area (Å²) in [5, 5.41) is 5.09. The molecule has 0 aliphatic rings. The van der Waals surface area contributed by atoms with Crippen molar-refractivity contribution in [2.75, 3.05) is 25.5 Å². The Morgan fingerprint density at radius 2 is 1.93 bits per heavy atom. The maximum Gasteiger partial charge on any atom is 0.338 e. The predicted molar refractivity (Wildman–Crippen MR) is 114 cm³/mol. The second-order valence-corrected chi connectivity index (χ2v) is 6.86. The zero-order valence-corrected chi connectivity index (χ0v) is 16.1. The van der Waals surface area contributed by atoms with Crippen molar-refractivity contribution in [2.45, 2.75) is 6.42 Å². The number of nitrogens with zero attached hydrogens (tertiary/aromatic N) is 2. The number of para-hydroxylation sites is 2. The summed E-state index contributed by atoms with van der Waals surface area (Å²) < 4.78 is 5.21. The zero-order chi connectivity index (χ0) is 20.2. The van der Waals surface area contributed by atoms with Gasteiger partial charge in [-0.25, -0.2) is 4.79 Å². The van der Waals surface area contributed by atoms with Gasteiger partial charge in [0.2, 0.25) is 0 Å². The highest BCUT2D eigenvalue weighted by Crippen LogP contribution is 2.21. The van der Waals surface area contributed by atoms with Crippen molar-refractivity contribution < 1.29 is 9.21 Å². The van der Waals surface area contributed by atoms with Gasteiger partial charge in [0.15, 0.2) is 0 Å². The van der Waals surface area contributed by atoms with E-state index in [0.29, 0.717) is 29.8 Å². The van der Waals surface area contributed by atoms with Crippen LogP contribution in [0.1, 0.15) is 16.8 Å². The van der Waals surface area contributed by atoms with Gasteiger partial charge in [-0.2, -0.15) is 0 Å². The lowest BCUT2D eigenvalue weighted by atomic mass is 10.1. The number of hydrogen-bond donors (Lipinski definition) is 1. The molecule has 0 saturated carbocycles. The van der Waals surface area contributed by atoms with Gasteiger partial charge in [-0.1, -0.05) is 30.3 Å². The molecule has 29 heavy (non-hydrogen) atoms. The molecule has 4 aromatic rings. The molecule has 0 radical (unpaired) electrons. The van der Waals surface area contributed by atoms with Crippen molar-refractivity contribution in [2.24, 2.45) is 0 Å². The van der Waals surface area contributed by atoms with Gasteiger partial charge < -0.3 is 14.6 Å². The number of pyridine rings is 1. The first-order valence-electron chi connectivity index (χ1n) is 9.49. The fraction of sp³-hybridized carbons (Fsp3) is 0.174. The van der Waals surface area contributed by atoms with E-state index in [4.69, 9.17) is 4.42 Å². The molecule has 1 amide bonds. The third-order valence-electron chi connectivity index (χ3n) is 4.85. The lowest BCUT2D eigenvalue weighted by Gasteiger charge is -2.18. The molecule has 4 rings (SSSR count). The Hall–Kier alpha value is -3.67. The molecule has 6 heteroatoms. The summed E-state index contributed by atoms with van der Waals surface area (Å²) in [6, 6.07) is 18.3. The molecule has 0 spiro atoms. The van der Waals surface area contributed by atoms with Crippen LogP contribution in [0.3, 0.4) is 0 Å². The highest BCUT2D eigenvalue weighted by Gasteiger charge is 2.15. The smallest absolute Gasteiger partial charge is 0.338 e. The van der Waals surface area contributed by atoms with Gasteiger partial charge in [0.05, 0.1) is 16.8 Å². The fourth-order valence-electron chi connectivity index (χ4n) is 3.38. The Bertz CT molecular complexity index is 1230. The minimum absolute atomic E-state index is 0.0555. The minimum atomic E-state index is -0.387. The predicted octanol–water partition coefficient (Wildman–Crippen LogP) is 3.92. The molecule has 0 fully saturated rings. The molecule has 1 N–H and O–H groups in total. The quantitative estimate of drug-likeness (QED) is 0.401. The van der Waals surface area contributed by atoms with E-state index in [9.17, 15) is 9.59 Å². The Labute approximate surface area is 167 Å². The van der Waals surface area contributed by atoms with Crippen LogP contribution in [-0.4, -0.2) is 35.9 Å². The Kier molecular flexibility index (Phi) is 5.24. The van der Waals surface area contributed by atoms with Crippen molar-refractivity contribution in [3.8, 4) is 0 Å². The molecule has 0 bridgehead atoms. The van der Waals surface area contributed by atoms with Crippen molar-refractivity contribution in [3.05, 3.63) is 82.8 Å². The molecular formula is C23H21N3O3. The minimum Gasteiger partial charge on any atom is -0.423 e. The van der Waals surface area contributed by atoms with Crippen molar-refractivity contribution in [3.63, 3.8) is 0 Å². The van der Waals surface area contributed by atoms with Crippen molar-refractivity contribution in [1.29, 1.82) is 0 Å². The van der Waals surface area contributed by atoms with E-state index >= 15 is 0 Å². The van der Waals surface area contributed by atoms with Crippen LogP contribution in [0.25, 0.3) is 21.9 Å². The van der Waals surface area contributed by atoms with E-state index in [2.05, 4.69) is 10.3 Å². The first-order chi connectivity index (χ1) is 14.1. The molecule has 0 aliphatic heterocycles. The van der Waals surface area contributed by atoms with Crippen LogP contribution in [-0.2, 0) is 0 Å². The Morgan fingerprint density at radius 1 is 1.10 bits per heavy atom. The summed E-state index contributed by atoms with van der Waals surface area (Å²) in [6.45, 7) is 1.20. The van der Waals surface area contributed by atoms with Crippen LogP contribution < -0.4 is 10.9 Å². The third-order valence-corrected chi connectivity index (χ3v) is 4.85. The number of carbonyl (C=O) groups excluding carboxylic acids is 1. The van der Waals surface area contributed by atoms with Crippen LogP contribution in [0.4, 0.5) is 5.69 Å². The van der Waals surface area contributed by atoms with Crippen molar-refractivity contribution >= 4 is 33.5 Å². The van der Waals surface area contributed by atoms with E-state index in [1.54, 1.807) is 24.2 Å². The molecule has 6 nitrogen and oxygen atoms in total. The van der Waals surface area contributed by atoms with Gasteiger partial charge >= 0.3 is 5.63 Å². The van der Waals surface area contributed by atoms with Gasteiger partial charge in [0.1, 0.15) is 5.58 Å². The van der Waals surface area contributed by atoms with Gasteiger partial charge in [0.25, 0.3) is 5.91 Å². The monoisotopic (exact) mass is 387 g/mol. The Morgan fingerprint density at radius 3 is 2.83 bits per heavy atom. The average Bonchev–Trinajstić information content (AvgIpc) is 2.75. The molecule has 2 aromatic heterocycles. The topological polar surface area (TPSA) is 75.4 Å². The molecule has 2 aromatic carbocycles. The van der Waals surface area contributed by atoms with E-state index in [-0.39, 0.29) is 11.5 Å². The first-order valence-corrected chi connectivity index (χ1v) is 9.49. The van der Waals surface area contributed by atoms with Crippen LogP contribution in [0, 0.1) is 0 Å². The van der Waals surface area contributed by atoms with Gasteiger partial charge in [-0.05, 0) is 30.7 Å². The third kappa shape index (κ3) is 3.96. The van der Waals surface area contributed by atoms with Crippen LogP contribution >= 0.6 is 0 Å². The normalized spacial score (nSPS) is 10.9. The summed E-state index contributed by atoms with van der Waals surface area (Å²) in [6.07, 6.45) is 2.43. The molecular weight excluding hydrogens is 366 g/mol. The molecule has 0 aliphatic carbocycles. The molecule has 0 unspecified atom stereocenters. The van der Waals surface area contributed by atoms with Crippen LogP contribution in [0.2, 0.25) is 0 Å². The van der Waals surface area contributed by atoms with Gasteiger partial charge in [-0.3, -0.25) is 9.78 Å². The number of benzene rings is 2. The van der Waals surface area contributed by atoms with E-state index in [1.807, 2.05) is 48.5 Å². The fourth-order valence-corrected chi connectivity index (χ4v) is 3.38. The van der Waals surface area contributed by atoms with E-state index in [0.717, 1.165) is 22.9 Å². The van der Waals surface area contributed by atoms with Gasteiger partial charge in [0, 0.05) is 43.2 Å². The number of carbonyl (C=O) groups is 1. The molecule has 2 heterocycles. The lowest BCUT2D eigenvalue weighted by Crippen LogP contribution is -2.29. The van der Waals surface area contributed by atoms with E-state index < -0.39 is 0 Å². The van der Waals surface area contributed by atoms with Crippen molar-refractivity contribution in [1.82, 2.24) is 9.88 Å². The highest BCUT2D eigenvalue weighted by molar-refractivity contribution is 6.05. The second kappa shape index (κ2) is 8.14. The number of rotatable bonds is 6. The maximum absolute atomic E-state index is 12.9. The second-order valence-electron chi connectivity index (χ2n) is 6.86. The number of amides is 1. The first kappa shape index (κ1) is 18.7. The average molecular weight is 387 g/mol. The van der Waals surface area contributed by atoms with Crippen LogP contribution in [0.15, 0.2) is 76.1 Å². The largest absolute Gasteiger partial charge is 0.423 e. The number of hydrogen-bond acceptors (Lipinski definition) is 5. The summed E-state index contributed by atoms with van der Waals surface area (Å²) in [4.78, 5) is 30.6. The highest BCUT2D eigenvalue weighted by atomic mass is 16.4. The maximum atomic E-state index is 12.9. The standard InChI is InChI=1S/C23H21N3O3/c1-26(23(28)18-10-4-7-16-8-5-12-25-22(16)18)14-6-13-24-19-15-21(27)29-20-11-3-2-9-17(19)20/h2-5,7-12,15,24H,6,13-14H2,1H3.